The molecule has 0 fully saturated rings. The molecule has 0 radical (unpaired) electrons. The van der Waals surface area contributed by atoms with Gasteiger partial charge in [-0.05, 0) is 0 Å². The van der Waals surface area contributed by atoms with Crippen molar-refractivity contribution in [2.45, 2.75) is 12.6 Å². The number of carbonyl (C=O) groups is 1. The summed E-state index contributed by atoms with van der Waals surface area (Å²) in [6.07, 6.45) is -5.04. The van der Waals surface area contributed by atoms with E-state index in [-0.39, 0.29) is 10.6 Å². The number of aromatic nitrogens is 1. The van der Waals surface area contributed by atoms with E-state index < -0.39 is 23.6 Å². The Morgan fingerprint density at radius 1 is 1.26 bits per heavy atom. The summed E-state index contributed by atoms with van der Waals surface area (Å²) >= 11 is 0.373. The predicted octanol–water partition coefficient (Wildman–Crippen LogP) is 3.46. The summed E-state index contributed by atoms with van der Waals surface area (Å²) in [7, 11) is 0. The summed E-state index contributed by atoms with van der Waals surface area (Å²) < 4.78 is 37.9. The minimum Gasteiger partial charge on any atom is -0.481 e. The number of hydrogen-bond donors (Lipinski definition) is 1. The Labute approximate surface area is 110 Å². The van der Waals surface area contributed by atoms with E-state index in [2.05, 4.69) is 4.98 Å². The number of thiazole rings is 1. The minimum absolute atomic E-state index is 0.0836. The maximum Gasteiger partial charge on any atom is 0.443 e. The number of carboxylic acids is 1. The Kier molecular flexibility index (Phi) is 3.57. The number of alkyl halides is 3. The molecule has 1 aromatic carbocycles. The van der Waals surface area contributed by atoms with Gasteiger partial charge in [-0.2, -0.15) is 13.2 Å². The van der Waals surface area contributed by atoms with Crippen LogP contribution in [0.1, 0.15) is 9.88 Å². The number of benzene rings is 1. The van der Waals surface area contributed by atoms with Crippen LogP contribution in [-0.4, -0.2) is 16.1 Å². The van der Waals surface area contributed by atoms with Crippen molar-refractivity contribution in [3.8, 4) is 11.3 Å². The van der Waals surface area contributed by atoms with Crippen LogP contribution in [0, 0.1) is 0 Å². The van der Waals surface area contributed by atoms with Gasteiger partial charge < -0.3 is 5.11 Å². The molecule has 2 aromatic rings. The van der Waals surface area contributed by atoms with Gasteiger partial charge in [-0.3, -0.25) is 4.79 Å². The summed E-state index contributed by atoms with van der Waals surface area (Å²) in [5.41, 5.74) is 0.561. The molecule has 0 unspecified atom stereocenters. The maximum atomic E-state index is 12.6. The van der Waals surface area contributed by atoms with Gasteiger partial charge in [0.25, 0.3) is 0 Å². The van der Waals surface area contributed by atoms with Gasteiger partial charge in [0, 0.05) is 10.4 Å². The Bertz CT molecular complexity index is 593. The molecule has 0 amide bonds. The molecule has 0 aliphatic heterocycles. The molecule has 0 aliphatic rings. The van der Waals surface area contributed by atoms with Gasteiger partial charge in [0.05, 0.1) is 12.1 Å². The largest absolute Gasteiger partial charge is 0.481 e. The number of aliphatic carboxylic acids is 1. The highest BCUT2D eigenvalue weighted by atomic mass is 32.1. The third-order valence-electron chi connectivity index (χ3n) is 2.30. The smallest absolute Gasteiger partial charge is 0.443 e. The second kappa shape index (κ2) is 5.00. The summed E-state index contributed by atoms with van der Waals surface area (Å²) in [5.74, 6) is -1.19. The zero-order valence-electron chi connectivity index (χ0n) is 9.44. The first-order valence-corrected chi connectivity index (χ1v) is 6.03. The third kappa shape index (κ3) is 3.11. The van der Waals surface area contributed by atoms with Crippen LogP contribution in [0.25, 0.3) is 11.3 Å². The van der Waals surface area contributed by atoms with E-state index in [1.807, 2.05) is 0 Å². The Morgan fingerprint density at radius 3 is 2.42 bits per heavy atom. The highest BCUT2D eigenvalue weighted by Gasteiger charge is 2.36. The molecule has 19 heavy (non-hydrogen) atoms. The Hall–Kier alpha value is -1.89. The molecule has 3 nitrogen and oxygen atoms in total. The van der Waals surface area contributed by atoms with Gasteiger partial charge in [-0.1, -0.05) is 30.3 Å². The monoisotopic (exact) mass is 287 g/mol. The average Bonchev–Trinajstić information content (AvgIpc) is 2.73. The van der Waals surface area contributed by atoms with Gasteiger partial charge in [0.1, 0.15) is 0 Å². The lowest BCUT2D eigenvalue weighted by molar-refractivity contribution is -0.138. The van der Waals surface area contributed by atoms with Crippen LogP contribution in [0.3, 0.4) is 0 Å². The SMILES string of the molecule is O=C(O)Cc1sc(C(F)(F)F)nc1-c1ccccc1. The quantitative estimate of drug-likeness (QED) is 0.940. The predicted molar refractivity (Wildman–Crippen MR) is 63.9 cm³/mol. The Balaban J connectivity index is 2.52. The molecule has 100 valence electrons. The van der Waals surface area contributed by atoms with E-state index in [0.717, 1.165) is 0 Å². The van der Waals surface area contributed by atoms with Crippen LogP contribution in [0.15, 0.2) is 30.3 Å². The molecular formula is C12H8F3NO2S. The average molecular weight is 287 g/mol. The molecule has 1 N–H and O–H groups in total. The van der Waals surface area contributed by atoms with E-state index in [1.165, 1.54) is 0 Å². The third-order valence-corrected chi connectivity index (χ3v) is 3.40. The molecular weight excluding hydrogens is 279 g/mol. The first-order valence-electron chi connectivity index (χ1n) is 5.22. The van der Waals surface area contributed by atoms with Gasteiger partial charge >= 0.3 is 12.1 Å². The second-order valence-corrected chi connectivity index (χ2v) is 4.81. The van der Waals surface area contributed by atoms with Gasteiger partial charge in [0.15, 0.2) is 5.01 Å². The van der Waals surface area contributed by atoms with Crippen molar-refractivity contribution in [3.63, 3.8) is 0 Å². The van der Waals surface area contributed by atoms with E-state index in [9.17, 15) is 18.0 Å². The normalized spacial score (nSPS) is 11.5. The fraction of sp³-hybridized carbons (Fsp3) is 0.167. The lowest BCUT2D eigenvalue weighted by Crippen LogP contribution is -2.03. The zero-order chi connectivity index (χ0) is 14.0. The van der Waals surface area contributed by atoms with E-state index in [0.29, 0.717) is 16.9 Å². The van der Waals surface area contributed by atoms with Crippen molar-refractivity contribution in [1.82, 2.24) is 4.98 Å². The summed E-state index contributed by atoms with van der Waals surface area (Å²) in [6.45, 7) is 0. The van der Waals surface area contributed by atoms with Crippen LogP contribution in [0.2, 0.25) is 0 Å². The number of carboxylic acid groups (broad SMARTS) is 1. The molecule has 2 rings (SSSR count). The van der Waals surface area contributed by atoms with Crippen molar-refractivity contribution in [1.29, 1.82) is 0 Å². The molecule has 0 bridgehead atoms. The fourth-order valence-electron chi connectivity index (χ4n) is 1.55. The highest BCUT2D eigenvalue weighted by Crippen LogP contribution is 2.37. The van der Waals surface area contributed by atoms with Crippen molar-refractivity contribution in [2.75, 3.05) is 0 Å². The minimum atomic E-state index is -4.56. The number of halogens is 3. The molecule has 7 heteroatoms. The van der Waals surface area contributed by atoms with Gasteiger partial charge in [0.2, 0.25) is 0 Å². The van der Waals surface area contributed by atoms with Gasteiger partial charge in [-0.15, -0.1) is 11.3 Å². The fourth-order valence-corrected chi connectivity index (χ4v) is 2.49. The molecule has 0 atom stereocenters. The van der Waals surface area contributed by atoms with Crippen molar-refractivity contribution in [3.05, 3.63) is 40.2 Å². The number of nitrogens with zero attached hydrogens (tertiary/aromatic N) is 1. The molecule has 1 aromatic heterocycles. The summed E-state index contributed by atoms with van der Waals surface area (Å²) in [6, 6.07) is 8.23. The van der Waals surface area contributed by atoms with E-state index in [1.54, 1.807) is 30.3 Å². The van der Waals surface area contributed by atoms with Crippen LogP contribution in [0.4, 0.5) is 13.2 Å². The van der Waals surface area contributed by atoms with Crippen LogP contribution < -0.4 is 0 Å². The highest BCUT2D eigenvalue weighted by molar-refractivity contribution is 7.12. The first kappa shape index (κ1) is 13.5. The van der Waals surface area contributed by atoms with Crippen LogP contribution >= 0.6 is 11.3 Å². The van der Waals surface area contributed by atoms with Crippen molar-refractivity contribution >= 4 is 17.3 Å². The zero-order valence-corrected chi connectivity index (χ0v) is 10.3. The molecule has 0 saturated carbocycles. The summed E-state index contributed by atoms with van der Waals surface area (Å²) in [5, 5.41) is 7.72. The number of hydrogen-bond acceptors (Lipinski definition) is 3. The van der Waals surface area contributed by atoms with E-state index >= 15 is 0 Å². The topological polar surface area (TPSA) is 50.2 Å². The van der Waals surface area contributed by atoms with Crippen LogP contribution in [-0.2, 0) is 17.4 Å². The summed E-state index contributed by atoms with van der Waals surface area (Å²) in [4.78, 5) is 14.3. The maximum absolute atomic E-state index is 12.6. The lowest BCUT2D eigenvalue weighted by Gasteiger charge is -2.00. The van der Waals surface area contributed by atoms with E-state index in [4.69, 9.17) is 5.11 Å². The van der Waals surface area contributed by atoms with Crippen molar-refractivity contribution in [2.24, 2.45) is 0 Å². The molecule has 1 heterocycles. The standard InChI is InChI=1S/C12H8F3NO2S/c13-12(14,15)11-16-10(7-4-2-1-3-5-7)8(19-11)6-9(17)18/h1-5H,6H2,(H,17,18). The second-order valence-electron chi connectivity index (χ2n) is 3.73. The Morgan fingerprint density at radius 2 is 1.89 bits per heavy atom. The van der Waals surface area contributed by atoms with Crippen LogP contribution in [0.5, 0.6) is 0 Å². The lowest BCUT2D eigenvalue weighted by atomic mass is 10.1. The molecule has 0 saturated heterocycles. The van der Waals surface area contributed by atoms with Gasteiger partial charge in [-0.25, -0.2) is 4.98 Å². The van der Waals surface area contributed by atoms with Crippen molar-refractivity contribution < 1.29 is 23.1 Å². The molecule has 0 aliphatic carbocycles. The molecule has 0 spiro atoms. The first-order chi connectivity index (χ1) is 8.88. The number of rotatable bonds is 3.